The van der Waals surface area contributed by atoms with Crippen LogP contribution in [0.3, 0.4) is 0 Å². The molecule has 2 aromatic carbocycles. The van der Waals surface area contributed by atoms with Crippen LogP contribution in [0.15, 0.2) is 42.5 Å². The number of nitrogens with zero attached hydrogens (tertiary/aromatic N) is 1. The van der Waals surface area contributed by atoms with Crippen LogP contribution in [0.4, 0.5) is 5.69 Å². The number of amides is 3. The number of fused-ring (bicyclic) bond motifs is 1. The van der Waals surface area contributed by atoms with Crippen molar-refractivity contribution in [3.63, 3.8) is 0 Å². The van der Waals surface area contributed by atoms with Crippen LogP contribution in [0, 0.1) is 18.8 Å². The maximum atomic E-state index is 13.0. The first-order chi connectivity index (χ1) is 14.0. The van der Waals surface area contributed by atoms with Gasteiger partial charge in [-0.15, -0.1) is 0 Å². The van der Waals surface area contributed by atoms with Crippen LogP contribution in [0.2, 0.25) is 0 Å². The molecule has 4 rings (SSSR count). The van der Waals surface area contributed by atoms with E-state index in [1.54, 1.807) is 42.5 Å². The minimum Gasteiger partial charge on any atom is -0.506 e. The summed E-state index contributed by atoms with van der Waals surface area (Å²) in [7, 11) is 0. The van der Waals surface area contributed by atoms with Gasteiger partial charge in [-0.3, -0.25) is 19.3 Å². The van der Waals surface area contributed by atoms with Crippen molar-refractivity contribution < 1.29 is 19.5 Å². The fourth-order valence-electron chi connectivity index (χ4n) is 4.39. The highest BCUT2D eigenvalue weighted by molar-refractivity contribution is 6.21. The number of hydrogen-bond donors (Lipinski definition) is 2. The molecule has 6 heteroatoms. The van der Waals surface area contributed by atoms with E-state index < -0.39 is 0 Å². The van der Waals surface area contributed by atoms with E-state index in [1.807, 2.05) is 6.92 Å². The van der Waals surface area contributed by atoms with Gasteiger partial charge in [0.15, 0.2) is 0 Å². The van der Waals surface area contributed by atoms with Crippen molar-refractivity contribution >= 4 is 23.4 Å². The standard InChI is InChI=1S/C23H24N2O4/c1-14-10-11-20(26)19(12-14)24-21(27)16-7-3-2-6-15(16)13-25-22(28)17-8-4-5-9-18(17)23(25)29/h4-5,8-12,15-16,26H,2-3,6-7,13H2,1H3,(H,24,27). The zero-order chi connectivity index (χ0) is 20.5. The van der Waals surface area contributed by atoms with Crippen molar-refractivity contribution in [1.82, 2.24) is 4.90 Å². The summed E-state index contributed by atoms with van der Waals surface area (Å²) in [4.78, 5) is 39.7. The maximum absolute atomic E-state index is 13.0. The lowest BCUT2D eigenvalue weighted by Crippen LogP contribution is -2.41. The zero-order valence-corrected chi connectivity index (χ0v) is 16.4. The fourth-order valence-corrected chi connectivity index (χ4v) is 4.39. The number of phenols is 1. The first-order valence-electron chi connectivity index (χ1n) is 10.0. The molecule has 1 aliphatic heterocycles. The number of hydrogen-bond acceptors (Lipinski definition) is 4. The predicted molar refractivity (Wildman–Crippen MR) is 109 cm³/mol. The molecule has 150 valence electrons. The molecule has 2 aromatic rings. The van der Waals surface area contributed by atoms with Gasteiger partial charge < -0.3 is 10.4 Å². The Morgan fingerprint density at radius 3 is 2.41 bits per heavy atom. The molecular formula is C23H24N2O4. The van der Waals surface area contributed by atoms with Crippen molar-refractivity contribution in [2.75, 3.05) is 11.9 Å². The molecule has 0 spiro atoms. The molecular weight excluding hydrogens is 368 g/mol. The second-order valence-electron chi connectivity index (χ2n) is 7.93. The molecule has 6 nitrogen and oxygen atoms in total. The van der Waals surface area contributed by atoms with Gasteiger partial charge in [0.2, 0.25) is 5.91 Å². The first kappa shape index (κ1) is 19.2. The van der Waals surface area contributed by atoms with Crippen LogP contribution in [0.5, 0.6) is 5.75 Å². The third kappa shape index (κ3) is 3.62. The van der Waals surface area contributed by atoms with E-state index in [9.17, 15) is 19.5 Å². The van der Waals surface area contributed by atoms with Crippen molar-refractivity contribution in [2.45, 2.75) is 32.6 Å². The highest BCUT2D eigenvalue weighted by Crippen LogP contribution is 2.35. The summed E-state index contributed by atoms with van der Waals surface area (Å²) in [6.07, 6.45) is 3.38. The molecule has 1 heterocycles. The van der Waals surface area contributed by atoms with E-state index in [0.29, 0.717) is 23.2 Å². The third-order valence-corrected chi connectivity index (χ3v) is 5.95. The summed E-state index contributed by atoms with van der Waals surface area (Å²) < 4.78 is 0. The SMILES string of the molecule is Cc1ccc(O)c(NC(=O)C2CCCCC2CN2C(=O)c3ccccc3C2=O)c1. The number of anilines is 1. The molecule has 3 amide bonds. The summed E-state index contributed by atoms with van der Waals surface area (Å²) in [6.45, 7) is 2.13. The average Bonchev–Trinajstić information content (AvgIpc) is 2.96. The number of aryl methyl sites for hydroxylation is 1. The van der Waals surface area contributed by atoms with E-state index in [1.165, 1.54) is 4.90 Å². The number of phenolic OH excluding ortho intramolecular Hbond substituents is 1. The van der Waals surface area contributed by atoms with Crippen LogP contribution in [-0.2, 0) is 4.79 Å². The second-order valence-corrected chi connectivity index (χ2v) is 7.93. The van der Waals surface area contributed by atoms with Gasteiger partial charge in [-0.05, 0) is 55.5 Å². The van der Waals surface area contributed by atoms with Crippen LogP contribution < -0.4 is 5.32 Å². The Labute approximate surface area is 169 Å². The quantitative estimate of drug-likeness (QED) is 0.613. The van der Waals surface area contributed by atoms with Gasteiger partial charge in [0.05, 0.1) is 16.8 Å². The van der Waals surface area contributed by atoms with Crippen molar-refractivity contribution in [3.05, 3.63) is 59.2 Å². The summed E-state index contributed by atoms with van der Waals surface area (Å²) in [5, 5.41) is 12.9. The van der Waals surface area contributed by atoms with Crippen molar-refractivity contribution in [3.8, 4) is 5.75 Å². The molecule has 0 aromatic heterocycles. The molecule has 2 atom stereocenters. The number of carbonyl (C=O) groups excluding carboxylic acids is 3. The molecule has 1 aliphatic carbocycles. The number of imide groups is 1. The highest BCUT2D eigenvalue weighted by Gasteiger charge is 2.40. The molecule has 1 fully saturated rings. The van der Waals surface area contributed by atoms with Crippen LogP contribution in [0.1, 0.15) is 52.0 Å². The largest absolute Gasteiger partial charge is 0.506 e. The Morgan fingerprint density at radius 2 is 1.72 bits per heavy atom. The number of nitrogens with one attached hydrogen (secondary N) is 1. The van der Waals surface area contributed by atoms with E-state index in [4.69, 9.17) is 0 Å². The highest BCUT2D eigenvalue weighted by atomic mass is 16.3. The van der Waals surface area contributed by atoms with Crippen molar-refractivity contribution in [1.29, 1.82) is 0 Å². The maximum Gasteiger partial charge on any atom is 0.261 e. The van der Waals surface area contributed by atoms with Gasteiger partial charge in [-0.25, -0.2) is 0 Å². The second kappa shape index (κ2) is 7.70. The lowest BCUT2D eigenvalue weighted by molar-refractivity contribution is -0.122. The topological polar surface area (TPSA) is 86.7 Å². The predicted octanol–water partition coefficient (Wildman–Crippen LogP) is 3.74. The lowest BCUT2D eigenvalue weighted by Gasteiger charge is -2.32. The summed E-state index contributed by atoms with van der Waals surface area (Å²) in [6, 6.07) is 11.9. The fraction of sp³-hybridized carbons (Fsp3) is 0.348. The summed E-state index contributed by atoms with van der Waals surface area (Å²) in [5.74, 6) is -1.13. The summed E-state index contributed by atoms with van der Waals surface area (Å²) >= 11 is 0. The van der Waals surface area contributed by atoms with Gasteiger partial charge in [0.1, 0.15) is 5.75 Å². The molecule has 2 unspecified atom stereocenters. The number of aromatic hydroxyl groups is 1. The van der Waals surface area contributed by atoms with Crippen LogP contribution in [-0.4, -0.2) is 34.3 Å². The van der Waals surface area contributed by atoms with Gasteiger partial charge in [-0.2, -0.15) is 0 Å². The average molecular weight is 392 g/mol. The summed E-state index contributed by atoms with van der Waals surface area (Å²) in [5.41, 5.74) is 2.18. The Morgan fingerprint density at radius 1 is 1.07 bits per heavy atom. The number of carbonyl (C=O) groups is 3. The van der Waals surface area contributed by atoms with Gasteiger partial charge in [-0.1, -0.05) is 31.0 Å². The van der Waals surface area contributed by atoms with Gasteiger partial charge >= 0.3 is 0 Å². The Kier molecular flexibility index (Phi) is 5.09. The molecule has 2 aliphatic rings. The normalized spacial score (nSPS) is 21.2. The van der Waals surface area contributed by atoms with E-state index >= 15 is 0 Å². The van der Waals surface area contributed by atoms with E-state index in [-0.39, 0.29) is 41.9 Å². The smallest absolute Gasteiger partial charge is 0.261 e. The van der Waals surface area contributed by atoms with Gasteiger partial charge in [0, 0.05) is 12.5 Å². The van der Waals surface area contributed by atoms with Gasteiger partial charge in [0.25, 0.3) is 11.8 Å². The molecule has 29 heavy (non-hydrogen) atoms. The van der Waals surface area contributed by atoms with Crippen LogP contribution >= 0.6 is 0 Å². The molecule has 1 saturated carbocycles. The molecule has 0 saturated heterocycles. The Balaban J connectivity index is 1.51. The van der Waals surface area contributed by atoms with E-state index in [2.05, 4.69) is 5.32 Å². The van der Waals surface area contributed by atoms with Crippen LogP contribution in [0.25, 0.3) is 0 Å². The first-order valence-corrected chi connectivity index (χ1v) is 10.0. The lowest BCUT2D eigenvalue weighted by atomic mass is 9.78. The Bertz CT molecular complexity index is 950. The molecule has 2 N–H and O–H groups in total. The number of benzene rings is 2. The van der Waals surface area contributed by atoms with Crippen molar-refractivity contribution in [2.24, 2.45) is 11.8 Å². The minimum absolute atomic E-state index is 0.0247. The molecule has 0 bridgehead atoms. The monoisotopic (exact) mass is 392 g/mol. The third-order valence-electron chi connectivity index (χ3n) is 5.95. The Hall–Kier alpha value is -3.15. The van der Waals surface area contributed by atoms with E-state index in [0.717, 1.165) is 24.8 Å². The minimum atomic E-state index is -0.312. The number of rotatable bonds is 4. The molecule has 0 radical (unpaired) electrons. The zero-order valence-electron chi connectivity index (χ0n) is 16.4.